The van der Waals surface area contributed by atoms with E-state index in [9.17, 15) is 0 Å². The molecule has 0 N–H and O–H groups in total. The molecule has 2 rings (SSSR count). The van der Waals surface area contributed by atoms with Gasteiger partial charge < -0.3 is 0 Å². The van der Waals surface area contributed by atoms with E-state index in [1.807, 2.05) is 18.3 Å². The van der Waals surface area contributed by atoms with Crippen molar-refractivity contribution in [3.05, 3.63) is 65.0 Å². The van der Waals surface area contributed by atoms with E-state index in [2.05, 4.69) is 43.1 Å². The molecular formula is C14H15N. The minimum atomic E-state index is 0.920. The zero-order chi connectivity index (χ0) is 10.7. The summed E-state index contributed by atoms with van der Waals surface area (Å²) < 4.78 is 0. The number of rotatable bonds is 2. The van der Waals surface area contributed by atoms with Crippen molar-refractivity contribution < 1.29 is 0 Å². The van der Waals surface area contributed by atoms with Crippen molar-refractivity contribution in [1.29, 1.82) is 0 Å². The highest BCUT2D eigenvalue weighted by Crippen LogP contribution is 2.12. The first-order chi connectivity index (χ1) is 7.24. The van der Waals surface area contributed by atoms with Crippen molar-refractivity contribution in [3.8, 4) is 0 Å². The van der Waals surface area contributed by atoms with Crippen molar-refractivity contribution in [2.24, 2.45) is 0 Å². The summed E-state index contributed by atoms with van der Waals surface area (Å²) in [7, 11) is 0. The van der Waals surface area contributed by atoms with Gasteiger partial charge in [-0.1, -0.05) is 35.4 Å². The molecule has 0 amide bonds. The summed E-state index contributed by atoms with van der Waals surface area (Å²) in [6.07, 6.45) is 2.77. The molecule has 0 aliphatic rings. The summed E-state index contributed by atoms with van der Waals surface area (Å²) in [5, 5.41) is 0. The lowest BCUT2D eigenvalue weighted by Gasteiger charge is -2.04. The normalized spacial score (nSPS) is 10.3. The molecule has 2 aromatic rings. The molecule has 0 saturated carbocycles. The van der Waals surface area contributed by atoms with Gasteiger partial charge in [0.2, 0.25) is 0 Å². The highest BCUT2D eigenvalue weighted by molar-refractivity contribution is 5.31. The van der Waals surface area contributed by atoms with Crippen LogP contribution in [0.1, 0.15) is 22.4 Å². The van der Waals surface area contributed by atoms with Crippen LogP contribution in [0.4, 0.5) is 0 Å². The van der Waals surface area contributed by atoms with E-state index < -0.39 is 0 Å². The first-order valence-electron chi connectivity index (χ1n) is 5.21. The second kappa shape index (κ2) is 4.26. The third-order valence-corrected chi connectivity index (χ3v) is 2.39. The van der Waals surface area contributed by atoms with Crippen LogP contribution in [0.5, 0.6) is 0 Å². The maximum atomic E-state index is 4.33. The molecule has 1 heteroatoms. The zero-order valence-corrected chi connectivity index (χ0v) is 9.20. The molecule has 0 bridgehead atoms. The molecule has 1 aromatic heterocycles. The average molecular weight is 197 g/mol. The Balaban J connectivity index is 2.25. The minimum Gasteiger partial charge on any atom is -0.261 e. The van der Waals surface area contributed by atoms with E-state index in [1.54, 1.807) is 0 Å². The number of nitrogens with zero attached hydrogens (tertiary/aromatic N) is 1. The molecular weight excluding hydrogens is 182 g/mol. The SMILES string of the molecule is Cc1cc(C)cc(Cc2ccccn2)c1. The Morgan fingerprint density at radius 2 is 1.73 bits per heavy atom. The van der Waals surface area contributed by atoms with Crippen molar-refractivity contribution in [3.63, 3.8) is 0 Å². The monoisotopic (exact) mass is 197 g/mol. The maximum absolute atomic E-state index is 4.33. The molecule has 76 valence electrons. The Bertz CT molecular complexity index is 426. The van der Waals surface area contributed by atoms with E-state index in [4.69, 9.17) is 0 Å². The number of pyridine rings is 1. The Labute approximate surface area is 90.8 Å². The molecule has 0 aliphatic carbocycles. The fourth-order valence-corrected chi connectivity index (χ4v) is 1.88. The first kappa shape index (κ1) is 9.91. The van der Waals surface area contributed by atoms with Gasteiger partial charge in [0.05, 0.1) is 0 Å². The summed E-state index contributed by atoms with van der Waals surface area (Å²) in [5.74, 6) is 0. The zero-order valence-electron chi connectivity index (χ0n) is 9.20. The highest BCUT2D eigenvalue weighted by Gasteiger charge is 1.98. The fourth-order valence-electron chi connectivity index (χ4n) is 1.88. The van der Waals surface area contributed by atoms with Gasteiger partial charge in [-0.25, -0.2) is 0 Å². The maximum Gasteiger partial charge on any atom is 0.0447 e. The highest BCUT2D eigenvalue weighted by atomic mass is 14.7. The van der Waals surface area contributed by atoms with Gasteiger partial charge in [-0.2, -0.15) is 0 Å². The van der Waals surface area contributed by atoms with Crippen molar-refractivity contribution in [1.82, 2.24) is 4.98 Å². The summed E-state index contributed by atoms with van der Waals surface area (Å²) in [6, 6.07) is 12.7. The van der Waals surface area contributed by atoms with E-state index in [-0.39, 0.29) is 0 Å². The van der Waals surface area contributed by atoms with Crippen LogP contribution in [0.25, 0.3) is 0 Å². The lowest BCUT2D eigenvalue weighted by atomic mass is 10.0. The van der Waals surface area contributed by atoms with E-state index in [0.717, 1.165) is 12.1 Å². The smallest absolute Gasteiger partial charge is 0.0447 e. The number of aromatic nitrogens is 1. The molecule has 0 spiro atoms. The van der Waals surface area contributed by atoms with Crippen LogP contribution in [-0.2, 0) is 6.42 Å². The number of hydrogen-bond acceptors (Lipinski definition) is 1. The molecule has 0 radical (unpaired) electrons. The van der Waals surface area contributed by atoms with Crippen LogP contribution >= 0.6 is 0 Å². The van der Waals surface area contributed by atoms with Crippen LogP contribution in [0, 0.1) is 13.8 Å². The molecule has 1 nitrogen and oxygen atoms in total. The van der Waals surface area contributed by atoms with Crippen LogP contribution in [-0.4, -0.2) is 4.98 Å². The number of aryl methyl sites for hydroxylation is 2. The Morgan fingerprint density at radius 1 is 1.00 bits per heavy atom. The Morgan fingerprint density at radius 3 is 2.33 bits per heavy atom. The molecule has 1 aromatic carbocycles. The van der Waals surface area contributed by atoms with Gasteiger partial charge in [0.25, 0.3) is 0 Å². The Hall–Kier alpha value is -1.63. The van der Waals surface area contributed by atoms with E-state index >= 15 is 0 Å². The predicted octanol–water partition coefficient (Wildman–Crippen LogP) is 3.29. The summed E-state index contributed by atoms with van der Waals surface area (Å²) in [4.78, 5) is 4.33. The summed E-state index contributed by atoms with van der Waals surface area (Å²) in [6.45, 7) is 4.27. The average Bonchev–Trinajstić information content (AvgIpc) is 2.17. The van der Waals surface area contributed by atoms with Crippen LogP contribution in [0.3, 0.4) is 0 Å². The van der Waals surface area contributed by atoms with Gasteiger partial charge in [-0.3, -0.25) is 4.98 Å². The second-order valence-corrected chi connectivity index (χ2v) is 3.99. The standard InChI is InChI=1S/C14H15N/c1-11-7-12(2)9-13(8-11)10-14-5-3-4-6-15-14/h3-9H,10H2,1-2H3. The summed E-state index contributed by atoms with van der Waals surface area (Å²) >= 11 is 0. The second-order valence-electron chi connectivity index (χ2n) is 3.99. The van der Waals surface area contributed by atoms with Gasteiger partial charge in [0, 0.05) is 18.3 Å². The lowest BCUT2D eigenvalue weighted by molar-refractivity contribution is 1.07. The van der Waals surface area contributed by atoms with Gasteiger partial charge >= 0.3 is 0 Å². The molecule has 0 atom stereocenters. The van der Waals surface area contributed by atoms with Crippen molar-refractivity contribution in [2.45, 2.75) is 20.3 Å². The van der Waals surface area contributed by atoms with Gasteiger partial charge in [-0.15, -0.1) is 0 Å². The van der Waals surface area contributed by atoms with Gasteiger partial charge in [-0.05, 0) is 31.5 Å². The largest absolute Gasteiger partial charge is 0.261 e. The fraction of sp³-hybridized carbons (Fsp3) is 0.214. The van der Waals surface area contributed by atoms with Gasteiger partial charge in [0.15, 0.2) is 0 Å². The molecule has 15 heavy (non-hydrogen) atoms. The Kier molecular flexibility index (Phi) is 2.82. The van der Waals surface area contributed by atoms with Crippen molar-refractivity contribution in [2.75, 3.05) is 0 Å². The van der Waals surface area contributed by atoms with Gasteiger partial charge in [0.1, 0.15) is 0 Å². The molecule has 0 saturated heterocycles. The molecule has 0 fully saturated rings. The van der Waals surface area contributed by atoms with Crippen molar-refractivity contribution >= 4 is 0 Å². The third-order valence-electron chi connectivity index (χ3n) is 2.39. The molecule has 0 aliphatic heterocycles. The third kappa shape index (κ3) is 2.66. The summed E-state index contributed by atoms with van der Waals surface area (Å²) in [5.41, 5.74) is 5.11. The lowest BCUT2D eigenvalue weighted by Crippen LogP contribution is -1.92. The van der Waals surface area contributed by atoms with E-state index in [1.165, 1.54) is 16.7 Å². The van der Waals surface area contributed by atoms with E-state index in [0.29, 0.717) is 0 Å². The number of hydrogen-bond donors (Lipinski definition) is 0. The number of benzene rings is 1. The van der Waals surface area contributed by atoms with Crippen LogP contribution in [0.2, 0.25) is 0 Å². The first-order valence-corrected chi connectivity index (χ1v) is 5.21. The predicted molar refractivity (Wildman–Crippen MR) is 63.0 cm³/mol. The molecule has 1 heterocycles. The minimum absolute atomic E-state index is 0.920. The topological polar surface area (TPSA) is 12.9 Å². The quantitative estimate of drug-likeness (QED) is 0.720. The van der Waals surface area contributed by atoms with Crippen LogP contribution < -0.4 is 0 Å². The molecule has 0 unspecified atom stereocenters. The van der Waals surface area contributed by atoms with Crippen LogP contribution in [0.15, 0.2) is 42.6 Å².